The molecule has 2 fully saturated rings. The standard InChI is InChI=1S/C15H26N2O4/c1-14(2,12(18)19)11-5-4-7-17(9-11)13(20)16-15(3)6-8-21-10-15/h11H,4-10H2,1-3H3,(H,16,20)(H,18,19). The Hall–Kier alpha value is -1.30. The first kappa shape index (κ1) is 16.1. The highest BCUT2D eigenvalue weighted by molar-refractivity contribution is 5.76. The van der Waals surface area contributed by atoms with Gasteiger partial charge in [-0.2, -0.15) is 0 Å². The van der Waals surface area contributed by atoms with Crippen LogP contribution < -0.4 is 5.32 Å². The van der Waals surface area contributed by atoms with E-state index in [2.05, 4.69) is 5.32 Å². The maximum absolute atomic E-state index is 12.4. The van der Waals surface area contributed by atoms with Gasteiger partial charge in [-0.1, -0.05) is 0 Å². The van der Waals surface area contributed by atoms with Gasteiger partial charge in [-0.25, -0.2) is 4.79 Å². The maximum Gasteiger partial charge on any atom is 0.317 e. The molecule has 2 aliphatic rings. The summed E-state index contributed by atoms with van der Waals surface area (Å²) in [6.07, 6.45) is 2.52. The van der Waals surface area contributed by atoms with Crippen molar-refractivity contribution in [3.8, 4) is 0 Å². The lowest BCUT2D eigenvalue weighted by Crippen LogP contribution is -2.55. The van der Waals surface area contributed by atoms with Gasteiger partial charge in [-0.05, 0) is 46.0 Å². The molecule has 2 atom stereocenters. The molecule has 2 unspecified atom stereocenters. The van der Waals surface area contributed by atoms with Crippen molar-refractivity contribution in [2.45, 2.75) is 45.6 Å². The number of carbonyl (C=O) groups is 2. The van der Waals surface area contributed by atoms with Crippen LogP contribution in [0, 0.1) is 11.3 Å². The van der Waals surface area contributed by atoms with Crippen molar-refractivity contribution in [1.82, 2.24) is 10.2 Å². The topological polar surface area (TPSA) is 78.9 Å². The number of rotatable bonds is 3. The molecule has 0 aliphatic carbocycles. The molecule has 6 heteroatoms. The van der Waals surface area contributed by atoms with Crippen molar-refractivity contribution in [2.24, 2.45) is 11.3 Å². The van der Waals surface area contributed by atoms with Gasteiger partial charge in [0, 0.05) is 19.7 Å². The van der Waals surface area contributed by atoms with Crippen LogP contribution in [0.2, 0.25) is 0 Å². The van der Waals surface area contributed by atoms with Crippen LogP contribution in [-0.2, 0) is 9.53 Å². The SMILES string of the molecule is CC1(NC(=O)N2CCCC(C(C)(C)C(=O)O)C2)CCOC1. The number of nitrogens with one attached hydrogen (secondary N) is 1. The average molecular weight is 298 g/mol. The van der Waals surface area contributed by atoms with E-state index in [1.165, 1.54) is 0 Å². The van der Waals surface area contributed by atoms with Crippen LogP contribution in [0.25, 0.3) is 0 Å². The highest BCUT2D eigenvalue weighted by Crippen LogP contribution is 2.34. The van der Waals surface area contributed by atoms with Crippen molar-refractivity contribution >= 4 is 12.0 Å². The summed E-state index contributed by atoms with van der Waals surface area (Å²) in [5, 5.41) is 12.4. The number of carboxylic acids is 1. The third-order valence-corrected chi connectivity index (χ3v) is 4.91. The zero-order chi connectivity index (χ0) is 15.7. The van der Waals surface area contributed by atoms with E-state index in [-0.39, 0.29) is 17.5 Å². The number of ether oxygens (including phenoxy) is 1. The zero-order valence-corrected chi connectivity index (χ0v) is 13.1. The van der Waals surface area contributed by atoms with Crippen LogP contribution >= 0.6 is 0 Å². The molecule has 2 aliphatic heterocycles. The second kappa shape index (κ2) is 5.83. The van der Waals surface area contributed by atoms with Crippen LogP contribution in [0.5, 0.6) is 0 Å². The molecule has 0 bridgehead atoms. The smallest absolute Gasteiger partial charge is 0.317 e. The molecule has 0 saturated carbocycles. The number of urea groups is 1. The molecular formula is C15H26N2O4. The lowest BCUT2D eigenvalue weighted by Gasteiger charge is -2.40. The first-order valence-electron chi connectivity index (χ1n) is 7.63. The zero-order valence-electron chi connectivity index (χ0n) is 13.1. The minimum absolute atomic E-state index is 0.0119. The summed E-state index contributed by atoms with van der Waals surface area (Å²) < 4.78 is 5.34. The second-order valence-electron chi connectivity index (χ2n) is 7.11. The van der Waals surface area contributed by atoms with Crippen molar-refractivity contribution in [3.63, 3.8) is 0 Å². The van der Waals surface area contributed by atoms with E-state index in [0.29, 0.717) is 26.3 Å². The molecule has 0 aromatic carbocycles. The van der Waals surface area contributed by atoms with Gasteiger partial charge in [-0.3, -0.25) is 4.79 Å². The molecule has 120 valence electrons. The number of nitrogens with zero attached hydrogens (tertiary/aromatic N) is 1. The molecule has 0 radical (unpaired) electrons. The molecule has 2 rings (SSSR count). The number of piperidine rings is 1. The molecule has 21 heavy (non-hydrogen) atoms. The lowest BCUT2D eigenvalue weighted by molar-refractivity contribution is -0.151. The van der Waals surface area contributed by atoms with Gasteiger partial charge in [0.15, 0.2) is 0 Å². The number of aliphatic carboxylic acids is 1. The molecule has 0 aromatic heterocycles. The van der Waals surface area contributed by atoms with Gasteiger partial charge in [-0.15, -0.1) is 0 Å². The fourth-order valence-corrected chi connectivity index (χ4v) is 3.03. The summed E-state index contributed by atoms with van der Waals surface area (Å²) >= 11 is 0. The van der Waals surface area contributed by atoms with Gasteiger partial charge in [0.2, 0.25) is 0 Å². The lowest BCUT2D eigenvalue weighted by atomic mass is 9.74. The van der Waals surface area contributed by atoms with Crippen LogP contribution in [0.1, 0.15) is 40.0 Å². The first-order chi connectivity index (χ1) is 9.74. The van der Waals surface area contributed by atoms with Gasteiger partial charge in [0.1, 0.15) is 0 Å². The molecule has 2 saturated heterocycles. The number of hydrogen-bond acceptors (Lipinski definition) is 3. The summed E-state index contributed by atoms with van der Waals surface area (Å²) in [7, 11) is 0. The van der Waals surface area contributed by atoms with E-state index >= 15 is 0 Å². The first-order valence-corrected chi connectivity index (χ1v) is 7.63. The third-order valence-electron chi connectivity index (χ3n) is 4.91. The number of amides is 2. The Morgan fingerprint density at radius 1 is 1.43 bits per heavy atom. The van der Waals surface area contributed by atoms with Crippen LogP contribution in [0.15, 0.2) is 0 Å². The molecule has 6 nitrogen and oxygen atoms in total. The van der Waals surface area contributed by atoms with Crippen molar-refractivity contribution in [1.29, 1.82) is 0 Å². The monoisotopic (exact) mass is 298 g/mol. The molecule has 2 amide bonds. The Morgan fingerprint density at radius 3 is 2.71 bits per heavy atom. The van der Waals surface area contributed by atoms with E-state index in [0.717, 1.165) is 19.3 Å². The number of likely N-dealkylation sites (tertiary alicyclic amines) is 1. The van der Waals surface area contributed by atoms with Crippen LogP contribution in [-0.4, -0.2) is 53.8 Å². The van der Waals surface area contributed by atoms with Crippen LogP contribution in [0.4, 0.5) is 4.79 Å². The van der Waals surface area contributed by atoms with E-state index in [1.54, 1.807) is 18.7 Å². The van der Waals surface area contributed by atoms with Crippen molar-refractivity contribution in [3.05, 3.63) is 0 Å². The van der Waals surface area contributed by atoms with Gasteiger partial charge < -0.3 is 20.1 Å². The molecular weight excluding hydrogens is 272 g/mol. The fourth-order valence-electron chi connectivity index (χ4n) is 3.03. The predicted molar refractivity (Wildman–Crippen MR) is 78.1 cm³/mol. The Kier molecular flexibility index (Phi) is 4.46. The molecule has 0 aromatic rings. The molecule has 0 spiro atoms. The van der Waals surface area contributed by atoms with Gasteiger partial charge >= 0.3 is 12.0 Å². The summed E-state index contributed by atoms with van der Waals surface area (Å²) in [5.74, 6) is -0.812. The van der Waals surface area contributed by atoms with Crippen molar-refractivity contribution < 1.29 is 19.4 Å². The Balaban J connectivity index is 1.97. The van der Waals surface area contributed by atoms with E-state index < -0.39 is 11.4 Å². The quantitative estimate of drug-likeness (QED) is 0.831. The molecule has 2 N–H and O–H groups in total. The van der Waals surface area contributed by atoms with Gasteiger partial charge in [0.25, 0.3) is 0 Å². The summed E-state index contributed by atoms with van der Waals surface area (Å²) in [5.41, 5.74) is -1.11. The summed E-state index contributed by atoms with van der Waals surface area (Å²) in [6, 6.07) is -0.103. The highest BCUT2D eigenvalue weighted by Gasteiger charge is 2.41. The minimum atomic E-state index is -0.806. The number of hydrogen-bond donors (Lipinski definition) is 2. The Labute approximate surface area is 125 Å². The number of carbonyl (C=O) groups excluding carboxylic acids is 1. The number of carboxylic acid groups (broad SMARTS) is 1. The normalized spacial score (nSPS) is 30.2. The summed E-state index contributed by atoms with van der Waals surface area (Å²) in [4.78, 5) is 25.6. The van der Waals surface area contributed by atoms with Crippen LogP contribution in [0.3, 0.4) is 0 Å². The van der Waals surface area contributed by atoms with E-state index in [9.17, 15) is 14.7 Å². The largest absolute Gasteiger partial charge is 0.481 e. The predicted octanol–water partition coefficient (Wildman–Crippen LogP) is 1.70. The Bertz CT molecular complexity index is 416. The third kappa shape index (κ3) is 3.48. The minimum Gasteiger partial charge on any atom is -0.481 e. The van der Waals surface area contributed by atoms with Crippen molar-refractivity contribution in [2.75, 3.05) is 26.3 Å². The van der Waals surface area contributed by atoms with Gasteiger partial charge in [0.05, 0.1) is 17.6 Å². The Morgan fingerprint density at radius 2 is 2.14 bits per heavy atom. The van der Waals surface area contributed by atoms with E-state index in [1.807, 2.05) is 6.92 Å². The average Bonchev–Trinajstić information content (AvgIpc) is 2.85. The van der Waals surface area contributed by atoms with E-state index in [4.69, 9.17) is 4.74 Å². The highest BCUT2D eigenvalue weighted by atomic mass is 16.5. The fraction of sp³-hybridized carbons (Fsp3) is 0.867. The second-order valence-corrected chi connectivity index (χ2v) is 7.11. The summed E-state index contributed by atoms with van der Waals surface area (Å²) in [6.45, 7) is 7.88. The molecule has 2 heterocycles. The maximum atomic E-state index is 12.4.